The molecule has 5 heteroatoms. The fourth-order valence-corrected chi connectivity index (χ4v) is 1.57. The molecule has 0 bridgehead atoms. The number of anilines is 1. The molecule has 0 atom stereocenters. The maximum atomic E-state index is 11.5. The third-order valence-electron chi connectivity index (χ3n) is 1.74. The highest BCUT2D eigenvalue weighted by atomic mass is 32.1. The van der Waals surface area contributed by atoms with Crippen LogP contribution < -0.4 is 10.5 Å². The third-order valence-corrected chi connectivity index (χ3v) is 2.40. The highest BCUT2D eigenvalue weighted by molar-refractivity contribution is 7.14. The van der Waals surface area contributed by atoms with Gasteiger partial charge in [-0.2, -0.15) is 0 Å². The first-order valence-corrected chi connectivity index (χ1v) is 5.11. The van der Waals surface area contributed by atoms with Crippen molar-refractivity contribution in [3.05, 3.63) is 41.5 Å². The van der Waals surface area contributed by atoms with Gasteiger partial charge in [0, 0.05) is 0 Å². The van der Waals surface area contributed by atoms with E-state index < -0.39 is 5.97 Å². The summed E-state index contributed by atoms with van der Waals surface area (Å²) in [4.78, 5) is 15.4. The summed E-state index contributed by atoms with van der Waals surface area (Å²) in [5, 5.41) is 0.371. The minimum Gasteiger partial charge on any atom is -0.422 e. The molecule has 0 aliphatic heterocycles. The van der Waals surface area contributed by atoms with Crippen molar-refractivity contribution in [3.63, 3.8) is 0 Å². The van der Waals surface area contributed by atoms with Gasteiger partial charge in [-0.25, -0.2) is 9.78 Å². The summed E-state index contributed by atoms with van der Waals surface area (Å²) >= 11 is 1.21. The van der Waals surface area contributed by atoms with Crippen LogP contribution in [0, 0.1) is 0 Å². The van der Waals surface area contributed by atoms with Gasteiger partial charge >= 0.3 is 5.97 Å². The van der Waals surface area contributed by atoms with E-state index in [1.165, 1.54) is 16.8 Å². The summed E-state index contributed by atoms with van der Waals surface area (Å²) in [7, 11) is 0. The van der Waals surface area contributed by atoms with Crippen molar-refractivity contribution < 1.29 is 9.53 Å². The smallest absolute Gasteiger partial charge is 0.365 e. The number of carbonyl (C=O) groups excluding carboxylic acids is 1. The van der Waals surface area contributed by atoms with E-state index in [1.54, 1.807) is 24.3 Å². The van der Waals surface area contributed by atoms with Crippen molar-refractivity contribution in [2.45, 2.75) is 0 Å². The maximum absolute atomic E-state index is 11.5. The molecule has 0 fully saturated rings. The molecule has 2 N–H and O–H groups in total. The second-order valence-corrected chi connectivity index (χ2v) is 3.65. The average Bonchev–Trinajstić information content (AvgIpc) is 2.66. The molecule has 2 rings (SSSR count). The van der Waals surface area contributed by atoms with Gasteiger partial charge in [0.05, 0.1) is 5.51 Å². The van der Waals surface area contributed by atoms with E-state index in [2.05, 4.69) is 4.98 Å². The van der Waals surface area contributed by atoms with Gasteiger partial charge in [-0.15, -0.1) is 11.3 Å². The highest BCUT2D eigenvalue weighted by Gasteiger charge is 2.14. The van der Waals surface area contributed by atoms with Gasteiger partial charge in [0.1, 0.15) is 10.8 Å². The number of rotatable bonds is 2. The molecule has 0 aliphatic rings. The van der Waals surface area contributed by atoms with Gasteiger partial charge in [0.25, 0.3) is 0 Å². The van der Waals surface area contributed by atoms with Crippen LogP contribution in [0.2, 0.25) is 0 Å². The lowest BCUT2D eigenvalue weighted by atomic mass is 10.3. The Kier molecular flexibility index (Phi) is 2.64. The predicted octanol–water partition coefficient (Wildman–Crippen LogP) is 1.94. The molecule has 76 valence electrons. The number of hydrogen-bond donors (Lipinski definition) is 1. The van der Waals surface area contributed by atoms with Crippen LogP contribution in [0.3, 0.4) is 0 Å². The first-order chi connectivity index (χ1) is 7.27. The molecule has 0 saturated carbocycles. The molecule has 15 heavy (non-hydrogen) atoms. The Morgan fingerprint density at radius 3 is 2.67 bits per heavy atom. The molecule has 1 aromatic carbocycles. The molecule has 0 saturated heterocycles. The van der Waals surface area contributed by atoms with Gasteiger partial charge in [0.2, 0.25) is 0 Å². The van der Waals surface area contributed by atoms with Crippen LogP contribution in [0.1, 0.15) is 10.5 Å². The minimum absolute atomic E-state index is 0.170. The monoisotopic (exact) mass is 220 g/mol. The molecule has 1 aromatic heterocycles. The van der Waals surface area contributed by atoms with Crippen LogP contribution in [0.15, 0.2) is 35.8 Å². The Balaban J connectivity index is 2.15. The van der Waals surface area contributed by atoms with Crippen LogP contribution in [0.25, 0.3) is 0 Å². The number of ether oxygens (including phenoxy) is 1. The van der Waals surface area contributed by atoms with E-state index in [1.807, 2.05) is 6.07 Å². The molecular weight excluding hydrogens is 212 g/mol. The Hall–Kier alpha value is -1.88. The largest absolute Gasteiger partial charge is 0.422 e. The zero-order valence-corrected chi connectivity index (χ0v) is 8.53. The summed E-state index contributed by atoms with van der Waals surface area (Å²) in [6.45, 7) is 0. The van der Waals surface area contributed by atoms with Crippen LogP contribution in [0.5, 0.6) is 5.75 Å². The topological polar surface area (TPSA) is 65.2 Å². The second-order valence-electron chi connectivity index (χ2n) is 2.77. The van der Waals surface area contributed by atoms with Crippen molar-refractivity contribution in [1.82, 2.24) is 4.98 Å². The Morgan fingerprint density at radius 2 is 2.07 bits per heavy atom. The summed E-state index contributed by atoms with van der Waals surface area (Å²) < 4.78 is 5.06. The Morgan fingerprint density at radius 1 is 1.33 bits per heavy atom. The highest BCUT2D eigenvalue weighted by Crippen LogP contribution is 2.18. The normalized spacial score (nSPS) is 9.87. The number of thiazole rings is 1. The van der Waals surface area contributed by atoms with E-state index in [0.29, 0.717) is 10.8 Å². The maximum Gasteiger partial charge on any atom is 0.365 e. The summed E-state index contributed by atoms with van der Waals surface area (Å²) in [6, 6.07) is 8.80. The molecule has 0 unspecified atom stereocenters. The average molecular weight is 220 g/mol. The number of carbonyl (C=O) groups is 1. The Labute approximate surface area is 90.3 Å². The fourth-order valence-electron chi connectivity index (χ4n) is 1.05. The number of para-hydroxylation sites is 1. The zero-order valence-electron chi connectivity index (χ0n) is 7.71. The van der Waals surface area contributed by atoms with Crippen LogP contribution >= 0.6 is 11.3 Å². The second kappa shape index (κ2) is 4.10. The lowest BCUT2D eigenvalue weighted by Crippen LogP contribution is -2.10. The number of esters is 1. The molecule has 0 aliphatic carbocycles. The van der Waals surface area contributed by atoms with E-state index in [0.717, 1.165) is 0 Å². The fraction of sp³-hybridized carbons (Fsp3) is 0. The van der Waals surface area contributed by atoms with Crippen LogP contribution in [0.4, 0.5) is 5.00 Å². The molecule has 0 radical (unpaired) electrons. The van der Waals surface area contributed by atoms with E-state index in [9.17, 15) is 4.79 Å². The van der Waals surface area contributed by atoms with Crippen molar-refractivity contribution in [1.29, 1.82) is 0 Å². The number of nitrogens with two attached hydrogens (primary N) is 1. The van der Waals surface area contributed by atoms with Gasteiger partial charge in [-0.05, 0) is 12.1 Å². The summed E-state index contributed by atoms with van der Waals surface area (Å²) in [5.74, 6) is -0.0464. The molecule has 2 aromatic rings. The molecule has 0 amide bonds. The van der Waals surface area contributed by atoms with E-state index in [4.69, 9.17) is 10.5 Å². The van der Waals surface area contributed by atoms with Crippen molar-refractivity contribution in [2.75, 3.05) is 5.73 Å². The molecular formula is C10H8N2O2S. The SMILES string of the molecule is Nc1scnc1C(=O)Oc1ccccc1. The summed E-state index contributed by atoms with van der Waals surface area (Å²) in [6.07, 6.45) is 0. The predicted molar refractivity (Wildman–Crippen MR) is 57.9 cm³/mol. The van der Waals surface area contributed by atoms with Gasteiger partial charge in [0.15, 0.2) is 5.69 Å². The van der Waals surface area contributed by atoms with Gasteiger partial charge in [-0.3, -0.25) is 0 Å². The molecule has 4 nitrogen and oxygen atoms in total. The number of hydrogen-bond acceptors (Lipinski definition) is 5. The van der Waals surface area contributed by atoms with E-state index in [-0.39, 0.29) is 5.69 Å². The Bertz CT molecular complexity index is 467. The quantitative estimate of drug-likeness (QED) is 0.620. The molecule has 1 heterocycles. The standard InChI is InChI=1S/C10H8N2O2S/c11-9-8(12-6-15-9)10(13)14-7-4-2-1-3-5-7/h1-6H,11H2. The van der Waals surface area contributed by atoms with Crippen molar-refractivity contribution in [2.24, 2.45) is 0 Å². The number of aromatic nitrogens is 1. The molecule has 0 spiro atoms. The van der Waals surface area contributed by atoms with E-state index >= 15 is 0 Å². The lowest BCUT2D eigenvalue weighted by molar-refractivity contribution is 0.0730. The first-order valence-electron chi connectivity index (χ1n) is 4.23. The number of benzene rings is 1. The summed E-state index contributed by atoms with van der Waals surface area (Å²) in [5.41, 5.74) is 7.23. The van der Waals surface area contributed by atoms with Crippen LogP contribution in [-0.2, 0) is 0 Å². The van der Waals surface area contributed by atoms with Crippen molar-refractivity contribution >= 4 is 22.3 Å². The van der Waals surface area contributed by atoms with Crippen LogP contribution in [-0.4, -0.2) is 11.0 Å². The number of nitrogen functional groups attached to an aromatic ring is 1. The van der Waals surface area contributed by atoms with Crippen molar-refractivity contribution in [3.8, 4) is 5.75 Å². The van der Waals surface area contributed by atoms with Gasteiger partial charge < -0.3 is 10.5 Å². The minimum atomic E-state index is -0.528. The zero-order chi connectivity index (χ0) is 10.7. The van der Waals surface area contributed by atoms with Gasteiger partial charge in [-0.1, -0.05) is 18.2 Å². The number of nitrogens with zero attached hydrogens (tertiary/aromatic N) is 1. The third kappa shape index (κ3) is 2.13. The lowest BCUT2D eigenvalue weighted by Gasteiger charge is -2.01. The first kappa shape index (κ1) is 9.67.